The zero-order chi connectivity index (χ0) is 13.1. The van der Waals surface area contributed by atoms with E-state index in [0.717, 1.165) is 55.0 Å². The molecule has 1 aromatic carbocycles. The van der Waals surface area contributed by atoms with Crippen LogP contribution in [0.3, 0.4) is 0 Å². The van der Waals surface area contributed by atoms with Crippen molar-refractivity contribution in [2.24, 2.45) is 0 Å². The van der Waals surface area contributed by atoms with Gasteiger partial charge in [0.05, 0.1) is 18.9 Å². The van der Waals surface area contributed by atoms with E-state index in [1.807, 2.05) is 18.2 Å². The molecule has 1 saturated heterocycles. The highest BCUT2D eigenvalue weighted by atomic mass is 16.5. The van der Waals surface area contributed by atoms with E-state index in [0.29, 0.717) is 0 Å². The van der Waals surface area contributed by atoms with Crippen LogP contribution in [0.1, 0.15) is 12.1 Å². The van der Waals surface area contributed by atoms with Crippen LogP contribution in [0.4, 0.5) is 5.82 Å². The van der Waals surface area contributed by atoms with Crippen LogP contribution >= 0.6 is 0 Å². The van der Waals surface area contributed by atoms with Crippen molar-refractivity contribution in [3.63, 3.8) is 0 Å². The summed E-state index contributed by atoms with van der Waals surface area (Å²) < 4.78 is 5.50. The molecule has 1 aliphatic heterocycles. The number of benzene rings is 1. The van der Waals surface area contributed by atoms with Gasteiger partial charge in [0.15, 0.2) is 0 Å². The normalized spacial score (nSPS) is 16.6. The topological polar surface area (TPSA) is 45.6 Å². The number of hydrogen-bond donors (Lipinski definition) is 1. The third-order valence-corrected chi connectivity index (χ3v) is 3.46. The molecule has 1 fully saturated rings. The highest BCUT2D eigenvalue weighted by molar-refractivity contribution is 5.92. The summed E-state index contributed by atoms with van der Waals surface area (Å²) >= 11 is 0. The maximum Gasteiger partial charge on any atom is 0.136 e. The lowest BCUT2D eigenvalue weighted by molar-refractivity contribution is 0.152. The molecular weight excluding hydrogens is 240 g/mol. The Labute approximate surface area is 112 Å². The Morgan fingerprint density at radius 3 is 3.00 bits per heavy atom. The third kappa shape index (κ3) is 2.55. The van der Waals surface area contributed by atoms with Crippen molar-refractivity contribution >= 4 is 16.6 Å². The summed E-state index contributed by atoms with van der Waals surface area (Å²) in [5.41, 5.74) is 0.721. The molecule has 2 aromatic rings. The monoisotopic (exact) mass is 258 g/mol. The molecule has 0 radical (unpaired) electrons. The summed E-state index contributed by atoms with van der Waals surface area (Å²) in [6, 6.07) is 10.1. The fraction of sp³-hybridized carbons (Fsp3) is 0.400. The minimum Gasteiger partial charge on any atom is -0.390 e. The van der Waals surface area contributed by atoms with Gasteiger partial charge in [0.2, 0.25) is 0 Å². The number of fused-ring (bicyclic) bond motifs is 1. The minimum atomic E-state index is -0.0256. The van der Waals surface area contributed by atoms with Crippen molar-refractivity contribution < 1.29 is 9.84 Å². The molecule has 19 heavy (non-hydrogen) atoms. The molecule has 0 spiro atoms. The van der Waals surface area contributed by atoms with Crippen molar-refractivity contribution in [1.82, 2.24) is 4.98 Å². The van der Waals surface area contributed by atoms with E-state index in [1.54, 1.807) is 0 Å². The number of nitrogens with zero attached hydrogens (tertiary/aromatic N) is 2. The number of pyridine rings is 1. The first-order chi connectivity index (χ1) is 9.38. The molecule has 0 atom stereocenters. The highest BCUT2D eigenvalue weighted by Crippen LogP contribution is 2.26. The van der Waals surface area contributed by atoms with Crippen LogP contribution in [0.15, 0.2) is 30.3 Å². The smallest absolute Gasteiger partial charge is 0.136 e. The van der Waals surface area contributed by atoms with Gasteiger partial charge in [-0.2, -0.15) is 0 Å². The Kier molecular flexibility index (Phi) is 3.62. The first-order valence-corrected chi connectivity index (χ1v) is 6.71. The number of aliphatic hydroxyl groups is 1. The van der Waals surface area contributed by atoms with Gasteiger partial charge >= 0.3 is 0 Å². The van der Waals surface area contributed by atoms with E-state index in [-0.39, 0.29) is 6.61 Å². The number of hydrogen-bond acceptors (Lipinski definition) is 4. The second kappa shape index (κ2) is 5.55. The Hall–Kier alpha value is -1.65. The summed E-state index contributed by atoms with van der Waals surface area (Å²) in [6.07, 6.45) is 1.01. The second-order valence-corrected chi connectivity index (χ2v) is 4.77. The molecule has 1 aromatic heterocycles. The van der Waals surface area contributed by atoms with Crippen molar-refractivity contribution in [3.8, 4) is 0 Å². The minimum absolute atomic E-state index is 0.0256. The first kappa shape index (κ1) is 12.4. The fourth-order valence-electron chi connectivity index (χ4n) is 2.51. The SMILES string of the molecule is OCc1cc2ccccc2c(N2CCCOCC2)n1. The summed E-state index contributed by atoms with van der Waals surface area (Å²) in [4.78, 5) is 6.86. The lowest BCUT2D eigenvalue weighted by Crippen LogP contribution is -2.27. The van der Waals surface area contributed by atoms with E-state index in [1.165, 1.54) is 0 Å². The Bertz CT molecular complexity index is 563. The first-order valence-electron chi connectivity index (χ1n) is 6.71. The van der Waals surface area contributed by atoms with Crippen LogP contribution in [0.25, 0.3) is 10.8 Å². The van der Waals surface area contributed by atoms with Crippen LogP contribution < -0.4 is 4.90 Å². The average Bonchev–Trinajstić information content (AvgIpc) is 2.75. The summed E-state index contributed by atoms with van der Waals surface area (Å²) in [5, 5.41) is 11.6. The number of rotatable bonds is 2. The van der Waals surface area contributed by atoms with Gasteiger partial charge in [-0.3, -0.25) is 0 Å². The molecule has 100 valence electrons. The predicted octanol–water partition coefficient (Wildman–Crippen LogP) is 1.95. The van der Waals surface area contributed by atoms with Crippen molar-refractivity contribution in [3.05, 3.63) is 36.0 Å². The van der Waals surface area contributed by atoms with E-state index >= 15 is 0 Å². The number of ether oxygens (including phenoxy) is 1. The van der Waals surface area contributed by atoms with Crippen LogP contribution in [0.2, 0.25) is 0 Å². The van der Waals surface area contributed by atoms with Gasteiger partial charge in [-0.25, -0.2) is 4.98 Å². The molecule has 3 rings (SSSR count). The fourth-order valence-corrected chi connectivity index (χ4v) is 2.51. The van der Waals surface area contributed by atoms with Crippen LogP contribution in [-0.4, -0.2) is 36.4 Å². The summed E-state index contributed by atoms with van der Waals surface area (Å²) in [5.74, 6) is 0.965. The Morgan fingerprint density at radius 1 is 1.21 bits per heavy atom. The third-order valence-electron chi connectivity index (χ3n) is 3.46. The summed E-state index contributed by atoms with van der Waals surface area (Å²) in [7, 11) is 0. The molecular formula is C15H18N2O2. The van der Waals surface area contributed by atoms with E-state index in [9.17, 15) is 5.11 Å². The molecule has 0 aliphatic carbocycles. The zero-order valence-corrected chi connectivity index (χ0v) is 10.9. The quantitative estimate of drug-likeness (QED) is 0.894. The van der Waals surface area contributed by atoms with Gasteiger partial charge < -0.3 is 14.7 Å². The van der Waals surface area contributed by atoms with Crippen molar-refractivity contribution in [1.29, 1.82) is 0 Å². The van der Waals surface area contributed by atoms with Gasteiger partial charge in [0, 0.05) is 25.1 Å². The van der Waals surface area contributed by atoms with Crippen molar-refractivity contribution in [2.45, 2.75) is 13.0 Å². The predicted molar refractivity (Wildman–Crippen MR) is 75.3 cm³/mol. The van der Waals surface area contributed by atoms with Crippen LogP contribution in [0, 0.1) is 0 Å². The van der Waals surface area contributed by atoms with Gasteiger partial charge in [-0.05, 0) is 17.9 Å². The number of anilines is 1. The second-order valence-electron chi connectivity index (χ2n) is 4.77. The van der Waals surface area contributed by atoms with E-state index in [4.69, 9.17) is 4.74 Å². The molecule has 4 heteroatoms. The lowest BCUT2D eigenvalue weighted by atomic mass is 10.1. The molecule has 1 aliphatic rings. The average molecular weight is 258 g/mol. The largest absolute Gasteiger partial charge is 0.390 e. The number of aromatic nitrogens is 1. The van der Waals surface area contributed by atoms with Crippen LogP contribution in [0.5, 0.6) is 0 Å². The van der Waals surface area contributed by atoms with Gasteiger partial charge in [0.25, 0.3) is 0 Å². The summed E-state index contributed by atoms with van der Waals surface area (Å²) in [6.45, 7) is 3.33. The molecule has 2 heterocycles. The molecule has 0 saturated carbocycles. The molecule has 0 bridgehead atoms. The lowest BCUT2D eigenvalue weighted by Gasteiger charge is -2.23. The molecule has 0 unspecified atom stereocenters. The van der Waals surface area contributed by atoms with E-state index in [2.05, 4.69) is 22.0 Å². The maximum atomic E-state index is 9.37. The zero-order valence-electron chi connectivity index (χ0n) is 10.9. The van der Waals surface area contributed by atoms with Gasteiger partial charge in [-0.15, -0.1) is 0 Å². The molecule has 1 N–H and O–H groups in total. The van der Waals surface area contributed by atoms with Crippen LogP contribution in [-0.2, 0) is 11.3 Å². The standard InChI is InChI=1S/C15H18N2O2/c18-11-13-10-12-4-1-2-5-14(12)15(16-13)17-6-3-8-19-9-7-17/h1-2,4-5,10,18H,3,6-9,11H2. The Morgan fingerprint density at radius 2 is 2.11 bits per heavy atom. The van der Waals surface area contributed by atoms with Gasteiger partial charge in [0.1, 0.15) is 5.82 Å². The van der Waals surface area contributed by atoms with Gasteiger partial charge in [-0.1, -0.05) is 24.3 Å². The molecule has 0 amide bonds. The maximum absolute atomic E-state index is 9.37. The Balaban J connectivity index is 2.09. The van der Waals surface area contributed by atoms with Crippen molar-refractivity contribution in [2.75, 3.05) is 31.2 Å². The highest BCUT2D eigenvalue weighted by Gasteiger charge is 2.15. The molecule has 4 nitrogen and oxygen atoms in total. The van der Waals surface area contributed by atoms with E-state index < -0.39 is 0 Å². The number of aliphatic hydroxyl groups excluding tert-OH is 1.